The monoisotopic (exact) mass is 325 g/mol. The molecule has 7 heteroatoms. The molecule has 0 saturated heterocycles. The van der Waals surface area contributed by atoms with Crippen LogP contribution in [0.2, 0.25) is 0 Å². The second kappa shape index (κ2) is 8.50. The second-order valence-electron chi connectivity index (χ2n) is 5.98. The summed E-state index contributed by atoms with van der Waals surface area (Å²) in [6.45, 7) is 4.76. The summed E-state index contributed by atoms with van der Waals surface area (Å²) in [5, 5.41) is 19.4. The number of hydroxylamine groups is 2. The molecule has 0 aliphatic heterocycles. The number of hydrogen-bond donors (Lipinski definition) is 2. The van der Waals surface area contributed by atoms with Gasteiger partial charge in [0.05, 0.1) is 6.54 Å². The van der Waals surface area contributed by atoms with E-state index in [0.717, 1.165) is 10.6 Å². The molecule has 23 heavy (non-hydrogen) atoms. The van der Waals surface area contributed by atoms with Crippen molar-refractivity contribution in [3.05, 3.63) is 35.9 Å². The molecule has 1 aromatic rings. The smallest absolute Gasteiger partial charge is 0.480 e. The molecule has 0 spiro atoms. The first-order valence-corrected chi connectivity index (χ1v) is 7.28. The van der Waals surface area contributed by atoms with E-state index in [1.165, 1.54) is 0 Å². The van der Waals surface area contributed by atoms with Crippen molar-refractivity contribution in [3.63, 3.8) is 0 Å². The van der Waals surface area contributed by atoms with E-state index in [1.807, 2.05) is 6.07 Å². The van der Waals surface area contributed by atoms with Gasteiger partial charge in [0, 0.05) is 6.61 Å². The van der Waals surface area contributed by atoms with Gasteiger partial charge in [0.25, 0.3) is 0 Å². The van der Waals surface area contributed by atoms with Crippen LogP contribution in [0.4, 0.5) is 4.79 Å². The zero-order valence-electron chi connectivity index (χ0n) is 13.6. The van der Waals surface area contributed by atoms with Crippen LogP contribution in [0.5, 0.6) is 0 Å². The summed E-state index contributed by atoms with van der Waals surface area (Å²) in [6.07, 6.45) is -1.07. The molecule has 0 fully saturated rings. The first-order chi connectivity index (χ1) is 10.7. The molecule has 0 unspecified atom stereocenters. The van der Waals surface area contributed by atoms with Crippen LogP contribution < -0.4 is 0 Å². The third-order valence-electron chi connectivity index (χ3n) is 2.80. The van der Waals surface area contributed by atoms with Gasteiger partial charge in [-0.25, -0.2) is 4.79 Å². The van der Waals surface area contributed by atoms with E-state index < -0.39 is 23.8 Å². The van der Waals surface area contributed by atoms with Crippen LogP contribution in [0.1, 0.15) is 32.8 Å². The molecule has 0 aromatic heterocycles. The quantitative estimate of drug-likeness (QED) is 0.586. The number of carbonyl (C=O) groups is 2. The number of rotatable bonds is 7. The lowest BCUT2D eigenvalue weighted by Gasteiger charge is -2.28. The van der Waals surface area contributed by atoms with Gasteiger partial charge in [-0.15, -0.1) is 5.06 Å². The summed E-state index contributed by atoms with van der Waals surface area (Å²) in [6, 6.07) is 7.80. The van der Waals surface area contributed by atoms with E-state index in [0.29, 0.717) is 0 Å². The van der Waals surface area contributed by atoms with Crippen LogP contribution in [0.3, 0.4) is 0 Å². The molecule has 0 saturated carbocycles. The highest BCUT2D eigenvalue weighted by Crippen LogP contribution is 2.15. The largest absolute Gasteiger partial charge is 0.528 e. The number of nitrogens with zero attached hydrogens (tertiary/aromatic N) is 1. The average Bonchev–Trinajstić information content (AvgIpc) is 2.42. The molecule has 1 rings (SSSR count). The van der Waals surface area contributed by atoms with Crippen molar-refractivity contribution in [2.24, 2.45) is 0 Å². The van der Waals surface area contributed by atoms with Gasteiger partial charge >= 0.3 is 12.1 Å². The standard InChI is InChI=1S/C16H23NO6/c1-16(2,3)22-15(21)23-17(13(9-10-18)14(19)20)11-12-7-5-4-6-8-12/h4-8,13,18H,9-11H2,1-3H3,(H,19,20)/t13-/m1/s1. The Morgan fingerprint density at radius 1 is 1.22 bits per heavy atom. The van der Waals surface area contributed by atoms with E-state index >= 15 is 0 Å². The van der Waals surface area contributed by atoms with Gasteiger partial charge in [-0.1, -0.05) is 30.3 Å². The molecular formula is C16H23NO6. The Labute approximate surface area is 135 Å². The lowest BCUT2D eigenvalue weighted by atomic mass is 10.1. The van der Waals surface area contributed by atoms with Crippen molar-refractivity contribution in [1.82, 2.24) is 5.06 Å². The fourth-order valence-corrected chi connectivity index (χ4v) is 1.85. The number of benzene rings is 1. The van der Waals surface area contributed by atoms with Gasteiger partial charge in [0.1, 0.15) is 11.6 Å². The minimum atomic E-state index is -1.20. The summed E-state index contributed by atoms with van der Waals surface area (Å²) >= 11 is 0. The predicted molar refractivity (Wildman–Crippen MR) is 82.4 cm³/mol. The topological polar surface area (TPSA) is 96.3 Å². The molecule has 0 aliphatic carbocycles. The molecule has 0 aliphatic rings. The molecule has 0 heterocycles. The van der Waals surface area contributed by atoms with Crippen LogP contribution in [0.15, 0.2) is 30.3 Å². The summed E-state index contributed by atoms with van der Waals surface area (Å²) in [7, 11) is 0. The molecule has 7 nitrogen and oxygen atoms in total. The maximum absolute atomic E-state index is 11.8. The van der Waals surface area contributed by atoms with Gasteiger partial charge in [0.2, 0.25) is 0 Å². The van der Waals surface area contributed by atoms with Crippen molar-refractivity contribution < 1.29 is 29.4 Å². The number of carboxylic acids is 1. The average molecular weight is 325 g/mol. The fraction of sp³-hybridized carbons (Fsp3) is 0.500. The SMILES string of the molecule is CC(C)(C)OC(=O)ON(Cc1ccccc1)[C@H](CCO)C(=O)O. The third kappa shape index (κ3) is 7.12. The Morgan fingerprint density at radius 3 is 2.30 bits per heavy atom. The van der Waals surface area contributed by atoms with Gasteiger partial charge in [-0.3, -0.25) is 4.79 Å². The highest BCUT2D eigenvalue weighted by Gasteiger charge is 2.30. The van der Waals surface area contributed by atoms with Gasteiger partial charge in [0.15, 0.2) is 0 Å². The van der Waals surface area contributed by atoms with E-state index in [1.54, 1.807) is 45.0 Å². The highest BCUT2D eigenvalue weighted by atomic mass is 16.8. The Kier molecular flexibility index (Phi) is 6.99. The zero-order chi connectivity index (χ0) is 17.5. The molecule has 1 aromatic carbocycles. The van der Waals surface area contributed by atoms with Crippen LogP contribution in [-0.4, -0.2) is 45.7 Å². The van der Waals surface area contributed by atoms with Crippen molar-refractivity contribution in [2.75, 3.05) is 6.61 Å². The molecule has 0 radical (unpaired) electrons. The number of carbonyl (C=O) groups excluding carboxylic acids is 1. The molecular weight excluding hydrogens is 302 g/mol. The Balaban J connectivity index is 2.90. The minimum absolute atomic E-state index is 0.0665. The Morgan fingerprint density at radius 2 is 1.83 bits per heavy atom. The fourth-order valence-electron chi connectivity index (χ4n) is 1.85. The van der Waals surface area contributed by atoms with Crippen LogP contribution in [-0.2, 0) is 20.9 Å². The first kappa shape index (κ1) is 18.9. The highest BCUT2D eigenvalue weighted by molar-refractivity contribution is 5.73. The molecule has 0 bridgehead atoms. The van der Waals surface area contributed by atoms with Gasteiger partial charge in [-0.2, -0.15) is 0 Å². The summed E-state index contributed by atoms with van der Waals surface area (Å²) < 4.78 is 5.06. The number of aliphatic hydroxyl groups excluding tert-OH is 1. The normalized spacial score (nSPS) is 12.7. The van der Waals surface area contributed by atoms with E-state index in [-0.39, 0.29) is 19.6 Å². The van der Waals surface area contributed by atoms with Gasteiger partial charge in [-0.05, 0) is 32.8 Å². The Bertz CT molecular complexity index is 511. The first-order valence-electron chi connectivity index (χ1n) is 7.28. The van der Waals surface area contributed by atoms with Crippen molar-refractivity contribution >= 4 is 12.1 Å². The summed E-state index contributed by atoms with van der Waals surface area (Å²) in [5.41, 5.74) is 0.00539. The lowest BCUT2D eigenvalue weighted by molar-refractivity contribution is -0.190. The number of ether oxygens (including phenoxy) is 1. The van der Waals surface area contributed by atoms with Gasteiger partial charge < -0.3 is 19.8 Å². The van der Waals surface area contributed by atoms with E-state index in [2.05, 4.69) is 0 Å². The van der Waals surface area contributed by atoms with E-state index in [4.69, 9.17) is 14.7 Å². The maximum atomic E-state index is 11.8. The molecule has 2 N–H and O–H groups in total. The minimum Gasteiger partial charge on any atom is -0.480 e. The number of aliphatic carboxylic acids is 1. The zero-order valence-corrected chi connectivity index (χ0v) is 13.6. The van der Waals surface area contributed by atoms with Crippen LogP contribution >= 0.6 is 0 Å². The predicted octanol–water partition coefficient (Wildman–Crippen LogP) is 2.19. The number of aliphatic hydroxyl groups is 1. The third-order valence-corrected chi connectivity index (χ3v) is 2.80. The summed E-state index contributed by atoms with van der Waals surface area (Å²) in [4.78, 5) is 28.3. The Hall–Kier alpha value is -2.12. The second-order valence-corrected chi connectivity index (χ2v) is 5.98. The number of hydrogen-bond acceptors (Lipinski definition) is 6. The van der Waals surface area contributed by atoms with Crippen molar-refractivity contribution in [2.45, 2.75) is 45.4 Å². The van der Waals surface area contributed by atoms with Crippen molar-refractivity contribution in [3.8, 4) is 0 Å². The van der Waals surface area contributed by atoms with Crippen molar-refractivity contribution in [1.29, 1.82) is 0 Å². The lowest BCUT2D eigenvalue weighted by Crippen LogP contribution is -2.43. The summed E-state index contributed by atoms with van der Waals surface area (Å²) in [5.74, 6) is -1.20. The maximum Gasteiger partial charge on any atom is 0.528 e. The molecule has 1 atom stereocenters. The van der Waals surface area contributed by atoms with Crippen LogP contribution in [0.25, 0.3) is 0 Å². The van der Waals surface area contributed by atoms with Crippen LogP contribution in [0, 0.1) is 0 Å². The molecule has 128 valence electrons. The van der Waals surface area contributed by atoms with E-state index in [9.17, 15) is 14.7 Å². The molecule has 0 amide bonds. The number of carboxylic acid groups (broad SMARTS) is 1.